The lowest BCUT2D eigenvalue weighted by Gasteiger charge is -2.15. The Labute approximate surface area is 77.0 Å². The SMILES string of the molecule is CN[C@@H](CO)c1cc(N)ccc1O. The van der Waals surface area contributed by atoms with E-state index in [4.69, 9.17) is 10.8 Å². The Hall–Kier alpha value is -1.26. The standard InChI is InChI=1S/C9H14N2O2/c1-11-8(5-12)7-4-6(10)2-3-9(7)13/h2-4,8,11-13H,5,10H2,1H3/t8-/m0/s1. The van der Waals surface area contributed by atoms with Gasteiger partial charge in [-0.1, -0.05) is 0 Å². The van der Waals surface area contributed by atoms with Crippen LogP contribution >= 0.6 is 0 Å². The van der Waals surface area contributed by atoms with Gasteiger partial charge in [0.05, 0.1) is 12.6 Å². The van der Waals surface area contributed by atoms with E-state index in [1.807, 2.05) is 0 Å². The molecule has 0 amide bonds. The van der Waals surface area contributed by atoms with E-state index < -0.39 is 0 Å². The van der Waals surface area contributed by atoms with Gasteiger partial charge in [0.25, 0.3) is 0 Å². The molecule has 0 aromatic heterocycles. The van der Waals surface area contributed by atoms with Crippen molar-refractivity contribution in [1.29, 1.82) is 0 Å². The Morgan fingerprint density at radius 2 is 2.23 bits per heavy atom. The summed E-state index contributed by atoms with van der Waals surface area (Å²) in [7, 11) is 1.71. The second kappa shape index (κ2) is 4.11. The highest BCUT2D eigenvalue weighted by Gasteiger charge is 2.11. The molecule has 72 valence electrons. The number of hydrogen-bond acceptors (Lipinski definition) is 4. The van der Waals surface area contributed by atoms with E-state index in [-0.39, 0.29) is 18.4 Å². The molecular formula is C9H14N2O2. The summed E-state index contributed by atoms with van der Waals surface area (Å²) in [4.78, 5) is 0. The molecule has 0 aliphatic carbocycles. The Bertz CT molecular complexity index is 285. The summed E-state index contributed by atoms with van der Waals surface area (Å²) in [6.07, 6.45) is 0. The summed E-state index contributed by atoms with van der Waals surface area (Å²) in [5.74, 6) is 0.141. The molecule has 13 heavy (non-hydrogen) atoms. The maximum atomic E-state index is 9.46. The quantitative estimate of drug-likeness (QED) is 0.398. The minimum atomic E-state index is -0.275. The molecule has 4 nitrogen and oxygen atoms in total. The average Bonchev–Trinajstić information content (AvgIpc) is 2.13. The van der Waals surface area contributed by atoms with Crippen molar-refractivity contribution in [3.63, 3.8) is 0 Å². The molecule has 0 saturated carbocycles. The van der Waals surface area contributed by atoms with Crippen molar-refractivity contribution < 1.29 is 10.2 Å². The third-order valence-corrected chi connectivity index (χ3v) is 1.96. The van der Waals surface area contributed by atoms with Crippen molar-refractivity contribution in [2.45, 2.75) is 6.04 Å². The molecule has 1 aromatic rings. The Kier molecular flexibility index (Phi) is 3.11. The van der Waals surface area contributed by atoms with Gasteiger partial charge in [0, 0.05) is 11.3 Å². The molecule has 0 fully saturated rings. The minimum Gasteiger partial charge on any atom is -0.508 e. The number of phenols is 1. The molecule has 0 bridgehead atoms. The van der Waals surface area contributed by atoms with E-state index in [0.29, 0.717) is 11.3 Å². The molecule has 0 saturated heterocycles. The zero-order valence-corrected chi connectivity index (χ0v) is 7.49. The number of likely N-dealkylation sites (N-methyl/N-ethyl adjacent to an activating group) is 1. The molecule has 1 aromatic carbocycles. The van der Waals surface area contributed by atoms with Crippen LogP contribution in [0.2, 0.25) is 0 Å². The van der Waals surface area contributed by atoms with Crippen LogP contribution < -0.4 is 11.1 Å². The molecule has 1 rings (SSSR count). The lowest BCUT2D eigenvalue weighted by atomic mass is 10.1. The average molecular weight is 182 g/mol. The highest BCUT2D eigenvalue weighted by molar-refractivity contribution is 5.48. The normalized spacial score (nSPS) is 12.8. The fraction of sp³-hybridized carbons (Fsp3) is 0.333. The van der Waals surface area contributed by atoms with Crippen LogP contribution in [0.1, 0.15) is 11.6 Å². The molecule has 0 heterocycles. The van der Waals surface area contributed by atoms with Gasteiger partial charge in [-0.3, -0.25) is 0 Å². The van der Waals surface area contributed by atoms with Gasteiger partial charge >= 0.3 is 0 Å². The van der Waals surface area contributed by atoms with Gasteiger partial charge in [0.2, 0.25) is 0 Å². The van der Waals surface area contributed by atoms with Crippen molar-refractivity contribution in [2.75, 3.05) is 19.4 Å². The van der Waals surface area contributed by atoms with Gasteiger partial charge in [0.15, 0.2) is 0 Å². The first-order valence-corrected chi connectivity index (χ1v) is 4.05. The van der Waals surface area contributed by atoms with E-state index in [2.05, 4.69) is 5.32 Å². The van der Waals surface area contributed by atoms with Gasteiger partial charge in [-0.2, -0.15) is 0 Å². The van der Waals surface area contributed by atoms with Crippen LogP contribution in [-0.2, 0) is 0 Å². The Balaban J connectivity index is 3.03. The summed E-state index contributed by atoms with van der Waals surface area (Å²) in [6, 6.07) is 4.50. The van der Waals surface area contributed by atoms with Crippen LogP contribution in [0, 0.1) is 0 Å². The van der Waals surface area contributed by atoms with Crippen LogP contribution in [0.5, 0.6) is 5.75 Å². The van der Waals surface area contributed by atoms with Gasteiger partial charge in [0.1, 0.15) is 5.75 Å². The van der Waals surface area contributed by atoms with Crippen molar-refractivity contribution in [1.82, 2.24) is 5.32 Å². The third-order valence-electron chi connectivity index (χ3n) is 1.96. The lowest BCUT2D eigenvalue weighted by molar-refractivity contribution is 0.248. The van der Waals surface area contributed by atoms with Crippen LogP contribution in [0.15, 0.2) is 18.2 Å². The van der Waals surface area contributed by atoms with Crippen molar-refractivity contribution in [2.24, 2.45) is 0 Å². The molecule has 0 aliphatic rings. The second-order valence-corrected chi connectivity index (χ2v) is 2.84. The number of nitrogen functional groups attached to an aromatic ring is 1. The minimum absolute atomic E-state index is 0.0759. The highest BCUT2D eigenvalue weighted by Crippen LogP contribution is 2.25. The number of aliphatic hydroxyl groups is 1. The van der Waals surface area contributed by atoms with E-state index in [1.54, 1.807) is 19.2 Å². The van der Waals surface area contributed by atoms with Crippen molar-refractivity contribution in [3.8, 4) is 5.75 Å². The summed E-state index contributed by atoms with van der Waals surface area (Å²) in [5, 5.41) is 21.3. The molecule has 0 unspecified atom stereocenters. The summed E-state index contributed by atoms with van der Waals surface area (Å²) >= 11 is 0. The van der Waals surface area contributed by atoms with Crippen LogP contribution in [0.4, 0.5) is 5.69 Å². The van der Waals surface area contributed by atoms with Gasteiger partial charge in [-0.15, -0.1) is 0 Å². The first-order valence-electron chi connectivity index (χ1n) is 4.05. The number of anilines is 1. The summed E-state index contributed by atoms with van der Waals surface area (Å²) < 4.78 is 0. The molecule has 0 aliphatic heterocycles. The number of aliphatic hydroxyl groups excluding tert-OH is 1. The van der Waals surface area contributed by atoms with E-state index in [9.17, 15) is 5.11 Å². The van der Waals surface area contributed by atoms with Crippen molar-refractivity contribution >= 4 is 5.69 Å². The summed E-state index contributed by atoms with van der Waals surface area (Å²) in [5.41, 5.74) is 6.74. The first-order chi connectivity index (χ1) is 6.19. The van der Waals surface area contributed by atoms with E-state index >= 15 is 0 Å². The molecule has 0 spiro atoms. The van der Waals surface area contributed by atoms with Gasteiger partial charge in [-0.25, -0.2) is 0 Å². The zero-order chi connectivity index (χ0) is 9.84. The predicted octanol–water partition coefficient (Wildman–Crippen LogP) is 0.227. The maximum Gasteiger partial charge on any atom is 0.120 e. The van der Waals surface area contributed by atoms with Gasteiger partial charge < -0.3 is 21.3 Å². The number of nitrogens with two attached hydrogens (primary N) is 1. The fourth-order valence-electron chi connectivity index (χ4n) is 1.20. The Morgan fingerprint density at radius 1 is 1.54 bits per heavy atom. The van der Waals surface area contributed by atoms with E-state index in [0.717, 1.165) is 0 Å². The topological polar surface area (TPSA) is 78.5 Å². The fourth-order valence-corrected chi connectivity index (χ4v) is 1.20. The zero-order valence-electron chi connectivity index (χ0n) is 7.49. The monoisotopic (exact) mass is 182 g/mol. The van der Waals surface area contributed by atoms with Crippen molar-refractivity contribution in [3.05, 3.63) is 23.8 Å². The maximum absolute atomic E-state index is 9.46. The number of nitrogens with one attached hydrogen (secondary N) is 1. The van der Waals surface area contributed by atoms with E-state index in [1.165, 1.54) is 6.07 Å². The molecular weight excluding hydrogens is 168 g/mol. The third kappa shape index (κ3) is 2.11. The number of rotatable bonds is 3. The largest absolute Gasteiger partial charge is 0.508 e. The smallest absolute Gasteiger partial charge is 0.120 e. The summed E-state index contributed by atoms with van der Waals surface area (Å²) in [6.45, 7) is -0.0759. The lowest BCUT2D eigenvalue weighted by Crippen LogP contribution is -2.20. The number of aromatic hydroxyl groups is 1. The molecule has 1 atom stereocenters. The first kappa shape index (κ1) is 9.83. The van der Waals surface area contributed by atoms with Crippen LogP contribution in [0.25, 0.3) is 0 Å². The molecule has 0 radical (unpaired) electrons. The molecule has 5 N–H and O–H groups in total. The van der Waals surface area contributed by atoms with Crippen LogP contribution in [-0.4, -0.2) is 23.9 Å². The molecule has 4 heteroatoms. The number of phenolic OH excluding ortho intramolecular Hbond substituents is 1. The van der Waals surface area contributed by atoms with Gasteiger partial charge in [-0.05, 0) is 25.2 Å². The Morgan fingerprint density at radius 3 is 2.77 bits per heavy atom. The van der Waals surface area contributed by atoms with Crippen LogP contribution in [0.3, 0.4) is 0 Å². The predicted molar refractivity (Wildman–Crippen MR) is 51.4 cm³/mol. The highest BCUT2D eigenvalue weighted by atomic mass is 16.3. The number of hydrogen-bond donors (Lipinski definition) is 4. The number of benzene rings is 1. The second-order valence-electron chi connectivity index (χ2n) is 2.84.